The molecule has 3 nitrogen and oxygen atoms in total. The molecule has 0 saturated heterocycles. The summed E-state index contributed by atoms with van der Waals surface area (Å²) in [5.41, 5.74) is 6.77. The largest absolute Gasteiger partial charge is 0.329 e. The highest BCUT2D eigenvalue weighted by Gasteiger charge is 2.06. The molecule has 0 aliphatic rings. The summed E-state index contributed by atoms with van der Waals surface area (Å²) in [4.78, 5) is 3.97. The zero-order chi connectivity index (χ0) is 9.68. The van der Waals surface area contributed by atoms with Crippen LogP contribution in [-0.2, 0) is 0 Å². The summed E-state index contributed by atoms with van der Waals surface area (Å²) in [5.74, 6) is 0. The SMILES string of the molecule is CC(CN)N[C@@H](C)c1ccncc1. The van der Waals surface area contributed by atoms with Crippen LogP contribution in [0.4, 0.5) is 0 Å². The molecule has 0 fully saturated rings. The molecule has 3 N–H and O–H groups in total. The summed E-state index contributed by atoms with van der Waals surface area (Å²) in [6.45, 7) is 4.87. The standard InChI is InChI=1S/C10H17N3/c1-8(7-11)13-9(2)10-3-5-12-6-4-10/h3-6,8-9,13H,7,11H2,1-2H3/t8?,9-/m0/s1. The van der Waals surface area contributed by atoms with Gasteiger partial charge in [0.2, 0.25) is 0 Å². The molecule has 0 bridgehead atoms. The van der Waals surface area contributed by atoms with Crippen LogP contribution in [0, 0.1) is 0 Å². The molecule has 0 spiro atoms. The van der Waals surface area contributed by atoms with Crippen LogP contribution in [0.1, 0.15) is 25.5 Å². The Morgan fingerprint density at radius 1 is 1.38 bits per heavy atom. The molecule has 1 heterocycles. The fourth-order valence-corrected chi connectivity index (χ4v) is 1.24. The number of hydrogen-bond acceptors (Lipinski definition) is 3. The Morgan fingerprint density at radius 3 is 2.54 bits per heavy atom. The second-order valence-electron chi connectivity index (χ2n) is 3.31. The smallest absolute Gasteiger partial charge is 0.0295 e. The first-order valence-corrected chi connectivity index (χ1v) is 4.60. The van der Waals surface area contributed by atoms with Gasteiger partial charge in [-0.3, -0.25) is 4.98 Å². The first kappa shape index (κ1) is 10.2. The van der Waals surface area contributed by atoms with Gasteiger partial charge in [-0.15, -0.1) is 0 Å². The van der Waals surface area contributed by atoms with Gasteiger partial charge >= 0.3 is 0 Å². The minimum Gasteiger partial charge on any atom is -0.329 e. The maximum absolute atomic E-state index is 5.52. The van der Waals surface area contributed by atoms with Crippen molar-refractivity contribution in [3.05, 3.63) is 30.1 Å². The Labute approximate surface area is 79.4 Å². The van der Waals surface area contributed by atoms with Gasteiger partial charge in [0.15, 0.2) is 0 Å². The van der Waals surface area contributed by atoms with Gasteiger partial charge in [0.25, 0.3) is 0 Å². The molecule has 72 valence electrons. The van der Waals surface area contributed by atoms with Crippen molar-refractivity contribution >= 4 is 0 Å². The third-order valence-corrected chi connectivity index (χ3v) is 2.09. The second kappa shape index (κ2) is 4.94. The molecule has 0 saturated carbocycles. The lowest BCUT2D eigenvalue weighted by Gasteiger charge is -2.18. The van der Waals surface area contributed by atoms with E-state index in [0.29, 0.717) is 18.6 Å². The van der Waals surface area contributed by atoms with E-state index in [-0.39, 0.29) is 0 Å². The predicted octanol–water partition coefficient (Wildman–Crippen LogP) is 1.08. The molecule has 3 heteroatoms. The molecule has 0 amide bonds. The lowest BCUT2D eigenvalue weighted by Crippen LogP contribution is -2.34. The third-order valence-electron chi connectivity index (χ3n) is 2.09. The summed E-state index contributed by atoms with van der Waals surface area (Å²) < 4.78 is 0. The third kappa shape index (κ3) is 3.13. The van der Waals surface area contributed by atoms with Gasteiger partial charge in [0.1, 0.15) is 0 Å². The van der Waals surface area contributed by atoms with Gasteiger partial charge in [-0.1, -0.05) is 0 Å². The quantitative estimate of drug-likeness (QED) is 0.727. The minimum absolute atomic E-state index is 0.335. The van der Waals surface area contributed by atoms with Crippen LogP contribution in [0.15, 0.2) is 24.5 Å². The van der Waals surface area contributed by atoms with Crippen LogP contribution in [-0.4, -0.2) is 17.6 Å². The maximum atomic E-state index is 5.52. The van der Waals surface area contributed by atoms with Crippen LogP contribution < -0.4 is 11.1 Å². The highest BCUT2D eigenvalue weighted by molar-refractivity contribution is 5.14. The summed E-state index contributed by atoms with van der Waals surface area (Å²) in [5, 5.41) is 3.39. The van der Waals surface area contributed by atoms with E-state index in [0.717, 1.165) is 0 Å². The van der Waals surface area contributed by atoms with Crippen LogP contribution >= 0.6 is 0 Å². The lowest BCUT2D eigenvalue weighted by atomic mass is 10.1. The zero-order valence-corrected chi connectivity index (χ0v) is 8.20. The van der Waals surface area contributed by atoms with Crippen molar-refractivity contribution < 1.29 is 0 Å². The Balaban J connectivity index is 2.53. The van der Waals surface area contributed by atoms with E-state index >= 15 is 0 Å². The molecule has 1 aromatic heterocycles. The molecule has 13 heavy (non-hydrogen) atoms. The van der Waals surface area contributed by atoms with Gasteiger partial charge in [-0.2, -0.15) is 0 Å². The van der Waals surface area contributed by atoms with E-state index in [9.17, 15) is 0 Å². The first-order chi connectivity index (χ1) is 6.24. The van der Waals surface area contributed by atoms with Gasteiger partial charge in [0, 0.05) is 31.0 Å². The number of aromatic nitrogens is 1. The van der Waals surface area contributed by atoms with Crippen molar-refractivity contribution in [1.82, 2.24) is 10.3 Å². The number of nitrogens with zero attached hydrogens (tertiary/aromatic N) is 1. The van der Waals surface area contributed by atoms with Gasteiger partial charge in [-0.05, 0) is 31.5 Å². The highest BCUT2D eigenvalue weighted by atomic mass is 15.0. The Bertz CT molecular complexity index is 235. The van der Waals surface area contributed by atoms with Gasteiger partial charge in [-0.25, -0.2) is 0 Å². The van der Waals surface area contributed by atoms with Crippen molar-refractivity contribution in [3.63, 3.8) is 0 Å². The normalized spacial score (nSPS) is 15.3. The zero-order valence-electron chi connectivity index (χ0n) is 8.20. The van der Waals surface area contributed by atoms with E-state index in [1.54, 1.807) is 12.4 Å². The molecule has 1 unspecified atom stereocenters. The van der Waals surface area contributed by atoms with Crippen molar-refractivity contribution in [1.29, 1.82) is 0 Å². The minimum atomic E-state index is 0.335. The maximum Gasteiger partial charge on any atom is 0.0295 e. The molecular formula is C10H17N3. The molecule has 1 rings (SSSR count). The van der Waals surface area contributed by atoms with Gasteiger partial charge < -0.3 is 11.1 Å². The van der Waals surface area contributed by atoms with E-state index in [1.165, 1.54) is 5.56 Å². The monoisotopic (exact) mass is 179 g/mol. The highest BCUT2D eigenvalue weighted by Crippen LogP contribution is 2.10. The fraction of sp³-hybridized carbons (Fsp3) is 0.500. The van der Waals surface area contributed by atoms with Crippen LogP contribution in [0.3, 0.4) is 0 Å². The summed E-state index contributed by atoms with van der Waals surface area (Å²) in [7, 11) is 0. The molecule has 0 aromatic carbocycles. The number of rotatable bonds is 4. The summed E-state index contributed by atoms with van der Waals surface area (Å²) >= 11 is 0. The molecule has 0 radical (unpaired) electrons. The Hall–Kier alpha value is -0.930. The Morgan fingerprint density at radius 2 is 2.00 bits per heavy atom. The number of pyridine rings is 1. The average molecular weight is 179 g/mol. The van der Waals surface area contributed by atoms with Crippen molar-refractivity contribution in [2.45, 2.75) is 25.9 Å². The van der Waals surface area contributed by atoms with Gasteiger partial charge in [0.05, 0.1) is 0 Å². The number of hydrogen-bond donors (Lipinski definition) is 2. The number of nitrogens with two attached hydrogens (primary N) is 1. The van der Waals surface area contributed by atoms with Crippen molar-refractivity contribution in [2.75, 3.05) is 6.54 Å². The second-order valence-corrected chi connectivity index (χ2v) is 3.31. The predicted molar refractivity (Wildman–Crippen MR) is 54.3 cm³/mol. The topological polar surface area (TPSA) is 50.9 Å². The van der Waals surface area contributed by atoms with Crippen molar-refractivity contribution in [2.24, 2.45) is 5.73 Å². The fourth-order valence-electron chi connectivity index (χ4n) is 1.24. The van der Waals surface area contributed by atoms with E-state index in [1.807, 2.05) is 12.1 Å². The van der Waals surface area contributed by atoms with Crippen LogP contribution in [0.25, 0.3) is 0 Å². The van der Waals surface area contributed by atoms with E-state index < -0.39 is 0 Å². The molecule has 0 aliphatic heterocycles. The molecule has 0 aliphatic carbocycles. The first-order valence-electron chi connectivity index (χ1n) is 4.60. The lowest BCUT2D eigenvalue weighted by molar-refractivity contribution is 0.485. The van der Waals surface area contributed by atoms with Crippen molar-refractivity contribution in [3.8, 4) is 0 Å². The van der Waals surface area contributed by atoms with Crippen LogP contribution in [0.5, 0.6) is 0 Å². The summed E-state index contributed by atoms with van der Waals surface area (Å²) in [6.07, 6.45) is 3.61. The van der Waals surface area contributed by atoms with Crippen LogP contribution in [0.2, 0.25) is 0 Å². The van der Waals surface area contributed by atoms with E-state index in [2.05, 4.69) is 24.1 Å². The summed E-state index contributed by atoms with van der Waals surface area (Å²) in [6, 6.07) is 4.71. The number of nitrogens with one attached hydrogen (secondary N) is 1. The molecular weight excluding hydrogens is 162 g/mol. The van der Waals surface area contributed by atoms with E-state index in [4.69, 9.17) is 5.73 Å². The average Bonchev–Trinajstić information content (AvgIpc) is 2.19. The molecule has 1 aromatic rings. The Kier molecular flexibility index (Phi) is 3.86. The molecule has 2 atom stereocenters.